The second-order valence-corrected chi connectivity index (χ2v) is 9.24. The summed E-state index contributed by atoms with van der Waals surface area (Å²) in [5.74, 6) is -1.27. The second-order valence-electron chi connectivity index (χ2n) is 6.93. The number of ether oxygens (including phenoxy) is 1. The smallest absolute Gasteiger partial charge is 0.338 e. The highest BCUT2D eigenvalue weighted by atomic mass is 35.5. The third-order valence-electron chi connectivity index (χ3n) is 4.81. The highest BCUT2D eigenvalue weighted by Gasteiger charge is 2.26. The molecule has 0 spiro atoms. The van der Waals surface area contributed by atoms with Gasteiger partial charge in [0.1, 0.15) is 0 Å². The number of carbonyl (C=O) groups excluding carboxylic acids is 2. The molecule has 1 amide bonds. The lowest BCUT2D eigenvalue weighted by molar-refractivity contribution is -0.129. The minimum absolute atomic E-state index is 0.0430. The van der Waals surface area contributed by atoms with E-state index in [0.717, 1.165) is 5.56 Å². The molecule has 1 N–H and O–H groups in total. The van der Waals surface area contributed by atoms with E-state index < -0.39 is 28.0 Å². The first kappa shape index (κ1) is 24.8. The Morgan fingerprint density at radius 1 is 1.13 bits per heavy atom. The summed E-state index contributed by atoms with van der Waals surface area (Å²) in [6.07, 6.45) is -1.07. The van der Waals surface area contributed by atoms with Gasteiger partial charge in [0.05, 0.1) is 10.5 Å². The van der Waals surface area contributed by atoms with Gasteiger partial charge in [-0.05, 0) is 43.2 Å². The molecule has 0 aromatic heterocycles. The van der Waals surface area contributed by atoms with E-state index in [2.05, 4.69) is 5.32 Å². The van der Waals surface area contributed by atoms with Crippen LogP contribution in [-0.4, -0.2) is 43.8 Å². The maximum absolute atomic E-state index is 12.9. The number of carbonyl (C=O) groups is 2. The van der Waals surface area contributed by atoms with E-state index in [9.17, 15) is 18.0 Å². The molecule has 0 radical (unpaired) electrons. The normalized spacial score (nSPS) is 12.5. The van der Waals surface area contributed by atoms with Gasteiger partial charge < -0.3 is 10.1 Å². The van der Waals surface area contributed by atoms with Gasteiger partial charge in [-0.25, -0.2) is 13.2 Å². The van der Waals surface area contributed by atoms with Crippen molar-refractivity contribution >= 4 is 33.5 Å². The number of hydrogen-bond acceptors (Lipinski definition) is 5. The monoisotopic (exact) mass is 466 g/mol. The summed E-state index contributed by atoms with van der Waals surface area (Å²) in [6.45, 7) is 7.43. The summed E-state index contributed by atoms with van der Waals surface area (Å²) < 4.78 is 32.3. The second kappa shape index (κ2) is 10.7. The molecule has 0 bridgehead atoms. The number of amides is 1. The molecule has 0 aliphatic heterocycles. The topological polar surface area (TPSA) is 92.8 Å². The first-order valence-corrected chi connectivity index (χ1v) is 11.8. The molecule has 0 saturated carbocycles. The Morgan fingerprint density at radius 3 is 2.39 bits per heavy atom. The van der Waals surface area contributed by atoms with E-state index >= 15 is 0 Å². The quantitative estimate of drug-likeness (QED) is 0.570. The number of esters is 1. The minimum atomic E-state index is -3.74. The average molecular weight is 467 g/mol. The third-order valence-corrected chi connectivity index (χ3v) is 7.37. The van der Waals surface area contributed by atoms with Crippen LogP contribution in [0.5, 0.6) is 0 Å². The van der Waals surface area contributed by atoms with Crippen LogP contribution in [-0.2, 0) is 26.1 Å². The summed E-state index contributed by atoms with van der Waals surface area (Å²) >= 11 is 6.07. The van der Waals surface area contributed by atoms with Crippen molar-refractivity contribution < 1.29 is 22.7 Å². The van der Waals surface area contributed by atoms with Gasteiger partial charge in [0, 0.05) is 24.7 Å². The zero-order valence-electron chi connectivity index (χ0n) is 18.0. The Bertz CT molecular complexity index is 1050. The van der Waals surface area contributed by atoms with Gasteiger partial charge in [-0.3, -0.25) is 4.79 Å². The predicted molar refractivity (Wildman–Crippen MR) is 119 cm³/mol. The van der Waals surface area contributed by atoms with Crippen molar-refractivity contribution in [3.8, 4) is 0 Å². The van der Waals surface area contributed by atoms with Crippen LogP contribution in [0, 0.1) is 6.92 Å². The molecular formula is C22H27ClN2O5S. The number of benzene rings is 2. The fourth-order valence-corrected chi connectivity index (χ4v) is 4.87. The lowest BCUT2D eigenvalue weighted by Gasteiger charge is -2.20. The number of rotatable bonds is 9. The fraction of sp³-hybridized carbons (Fsp3) is 0.364. The van der Waals surface area contributed by atoms with Crippen LogP contribution in [0.4, 0.5) is 0 Å². The van der Waals surface area contributed by atoms with E-state index in [1.54, 1.807) is 51.1 Å². The zero-order chi connectivity index (χ0) is 23.2. The molecule has 1 atom stereocenters. The van der Waals surface area contributed by atoms with Crippen molar-refractivity contribution in [2.45, 2.75) is 45.2 Å². The molecule has 2 aromatic carbocycles. The van der Waals surface area contributed by atoms with E-state index in [-0.39, 0.29) is 17.0 Å². The molecule has 7 nitrogen and oxygen atoms in total. The van der Waals surface area contributed by atoms with Crippen LogP contribution in [0.15, 0.2) is 47.4 Å². The van der Waals surface area contributed by atoms with Crippen LogP contribution in [0.25, 0.3) is 0 Å². The van der Waals surface area contributed by atoms with Gasteiger partial charge in [-0.1, -0.05) is 49.7 Å². The van der Waals surface area contributed by atoms with Gasteiger partial charge >= 0.3 is 5.97 Å². The molecular weight excluding hydrogens is 440 g/mol. The summed E-state index contributed by atoms with van der Waals surface area (Å²) in [7, 11) is -3.74. The van der Waals surface area contributed by atoms with Crippen molar-refractivity contribution in [3.63, 3.8) is 0 Å². The van der Waals surface area contributed by atoms with Gasteiger partial charge in [-0.15, -0.1) is 0 Å². The molecule has 0 heterocycles. The summed E-state index contributed by atoms with van der Waals surface area (Å²) in [4.78, 5) is 24.9. The van der Waals surface area contributed by atoms with Crippen LogP contribution >= 0.6 is 11.6 Å². The number of nitrogens with zero attached hydrogens (tertiary/aromatic N) is 1. The maximum Gasteiger partial charge on any atom is 0.338 e. The van der Waals surface area contributed by atoms with Crippen molar-refractivity contribution in [3.05, 3.63) is 64.2 Å². The fourth-order valence-electron chi connectivity index (χ4n) is 2.96. The summed E-state index contributed by atoms with van der Waals surface area (Å²) in [5, 5.41) is 3.19. The Balaban J connectivity index is 2.11. The Morgan fingerprint density at radius 2 is 1.77 bits per heavy atom. The van der Waals surface area contributed by atoms with Crippen molar-refractivity contribution in [2.24, 2.45) is 0 Å². The number of nitrogens with one attached hydrogen (secondary N) is 1. The molecule has 2 rings (SSSR count). The molecule has 9 heteroatoms. The molecule has 0 aliphatic carbocycles. The Kier molecular flexibility index (Phi) is 8.61. The SMILES string of the molecule is CCN(CC)S(=O)(=O)c1cc(C(=O)OC(C)C(=O)NCc2ccccc2Cl)ccc1C. The first-order valence-electron chi connectivity index (χ1n) is 9.94. The lowest BCUT2D eigenvalue weighted by atomic mass is 10.1. The van der Waals surface area contributed by atoms with Crippen LogP contribution in [0.3, 0.4) is 0 Å². The molecule has 0 aliphatic rings. The number of hydrogen-bond donors (Lipinski definition) is 1. The number of aryl methyl sites for hydroxylation is 1. The predicted octanol–water partition coefficient (Wildman–Crippen LogP) is 3.54. The summed E-state index contributed by atoms with van der Waals surface area (Å²) in [5.41, 5.74) is 1.32. The highest BCUT2D eigenvalue weighted by molar-refractivity contribution is 7.89. The standard InChI is InChI=1S/C22H27ClN2O5S/c1-5-25(6-2)31(28,29)20-13-17(12-11-15(20)3)22(27)30-16(4)21(26)24-14-18-9-7-8-10-19(18)23/h7-13,16H,5-6,14H2,1-4H3,(H,24,26). The van der Waals surface area contributed by atoms with E-state index in [0.29, 0.717) is 23.7 Å². The zero-order valence-corrected chi connectivity index (χ0v) is 19.6. The van der Waals surface area contributed by atoms with Crippen molar-refractivity contribution in [1.29, 1.82) is 0 Å². The highest BCUT2D eigenvalue weighted by Crippen LogP contribution is 2.22. The molecule has 168 valence electrons. The number of sulfonamides is 1. The molecule has 1 unspecified atom stereocenters. The molecule has 2 aromatic rings. The Labute approximate surface area is 188 Å². The van der Waals surface area contributed by atoms with Crippen LogP contribution in [0.2, 0.25) is 5.02 Å². The summed E-state index contributed by atoms with van der Waals surface area (Å²) in [6, 6.07) is 11.4. The minimum Gasteiger partial charge on any atom is -0.449 e. The van der Waals surface area contributed by atoms with Crippen LogP contribution < -0.4 is 5.32 Å². The largest absolute Gasteiger partial charge is 0.449 e. The van der Waals surface area contributed by atoms with Gasteiger partial charge in [-0.2, -0.15) is 4.31 Å². The third kappa shape index (κ3) is 6.06. The average Bonchev–Trinajstić information content (AvgIpc) is 2.73. The number of halogens is 1. The molecule has 0 fully saturated rings. The molecule has 0 saturated heterocycles. The van der Waals surface area contributed by atoms with E-state index in [1.807, 2.05) is 0 Å². The van der Waals surface area contributed by atoms with Gasteiger partial charge in [0.25, 0.3) is 5.91 Å². The van der Waals surface area contributed by atoms with E-state index in [4.69, 9.17) is 16.3 Å². The van der Waals surface area contributed by atoms with E-state index in [1.165, 1.54) is 23.4 Å². The first-order chi connectivity index (χ1) is 14.6. The lowest BCUT2D eigenvalue weighted by Crippen LogP contribution is -2.35. The maximum atomic E-state index is 12.9. The van der Waals surface area contributed by atoms with Gasteiger partial charge in [0.15, 0.2) is 6.10 Å². The van der Waals surface area contributed by atoms with Crippen LogP contribution in [0.1, 0.15) is 42.3 Å². The molecule has 31 heavy (non-hydrogen) atoms. The van der Waals surface area contributed by atoms with Gasteiger partial charge in [0.2, 0.25) is 10.0 Å². The van der Waals surface area contributed by atoms with Crippen molar-refractivity contribution in [1.82, 2.24) is 9.62 Å². The van der Waals surface area contributed by atoms with Crippen molar-refractivity contribution in [2.75, 3.05) is 13.1 Å². The Hall–Kier alpha value is -2.42.